The van der Waals surface area contributed by atoms with E-state index in [-0.39, 0.29) is 6.10 Å². The molecule has 0 aliphatic carbocycles. The summed E-state index contributed by atoms with van der Waals surface area (Å²) in [7, 11) is 0. The topological polar surface area (TPSA) is 44.2 Å². The van der Waals surface area contributed by atoms with Crippen molar-refractivity contribution in [3.63, 3.8) is 0 Å². The first-order valence-corrected chi connectivity index (χ1v) is 5.36. The van der Waals surface area contributed by atoms with Crippen molar-refractivity contribution in [2.45, 2.75) is 18.9 Å². The molecule has 76 valence electrons. The monoisotopic (exact) mass is 258 g/mol. The molecule has 2 heterocycles. The zero-order valence-corrected chi connectivity index (χ0v) is 9.24. The summed E-state index contributed by atoms with van der Waals surface area (Å²) in [5.41, 5.74) is 0. The predicted octanol–water partition coefficient (Wildman–Crippen LogP) is 1.80. The molecule has 0 N–H and O–H groups in total. The lowest BCUT2D eigenvalue weighted by Crippen LogP contribution is -2.16. The third kappa shape index (κ3) is 2.65. The van der Waals surface area contributed by atoms with E-state index in [4.69, 9.17) is 9.47 Å². The van der Waals surface area contributed by atoms with E-state index < -0.39 is 0 Å². The van der Waals surface area contributed by atoms with Crippen LogP contribution in [0.15, 0.2) is 17.0 Å². The van der Waals surface area contributed by atoms with Gasteiger partial charge in [-0.3, -0.25) is 0 Å². The van der Waals surface area contributed by atoms with Gasteiger partial charge in [-0.15, -0.1) is 0 Å². The van der Waals surface area contributed by atoms with Crippen LogP contribution in [0.3, 0.4) is 0 Å². The Morgan fingerprint density at radius 1 is 1.50 bits per heavy atom. The van der Waals surface area contributed by atoms with Crippen molar-refractivity contribution in [1.82, 2.24) is 9.97 Å². The third-order valence-corrected chi connectivity index (χ3v) is 2.45. The Bertz CT molecular complexity index is 285. The van der Waals surface area contributed by atoms with E-state index >= 15 is 0 Å². The quantitative estimate of drug-likeness (QED) is 0.830. The molecule has 5 heteroatoms. The molecule has 1 aromatic heterocycles. The van der Waals surface area contributed by atoms with Crippen LogP contribution in [0.5, 0.6) is 5.88 Å². The highest BCUT2D eigenvalue weighted by Gasteiger charge is 2.16. The average molecular weight is 259 g/mol. The molecular formula is C9H11BrN2O2. The molecule has 14 heavy (non-hydrogen) atoms. The Kier molecular flexibility index (Phi) is 3.31. The summed E-state index contributed by atoms with van der Waals surface area (Å²) in [5, 5.41) is 0. The smallest absolute Gasteiger partial charge is 0.232 e. The summed E-state index contributed by atoms with van der Waals surface area (Å²) in [6.07, 6.45) is 5.63. The Labute approximate surface area is 90.8 Å². The molecule has 1 aliphatic rings. The summed E-state index contributed by atoms with van der Waals surface area (Å²) in [5.74, 6) is 0.545. The summed E-state index contributed by atoms with van der Waals surface area (Å²) in [6.45, 7) is 1.41. The second-order valence-corrected chi connectivity index (χ2v) is 3.94. The second-order valence-electron chi connectivity index (χ2n) is 3.12. The van der Waals surface area contributed by atoms with Gasteiger partial charge in [0.25, 0.3) is 0 Å². The number of rotatable bonds is 3. The lowest BCUT2D eigenvalue weighted by atomic mass is 10.2. The van der Waals surface area contributed by atoms with Crippen LogP contribution in [-0.2, 0) is 4.74 Å². The fourth-order valence-electron chi connectivity index (χ4n) is 1.33. The number of aromatic nitrogens is 2. The minimum Gasteiger partial charge on any atom is -0.474 e. The fraction of sp³-hybridized carbons (Fsp3) is 0.556. The van der Waals surface area contributed by atoms with Crippen molar-refractivity contribution in [3.05, 3.63) is 17.0 Å². The molecule has 0 bridgehead atoms. The molecule has 1 saturated heterocycles. The largest absolute Gasteiger partial charge is 0.474 e. The van der Waals surface area contributed by atoms with E-state index in [1.54, 1.807) is 12.4 Å². The van der Waals surface area contributed by atoms with Crippen LogP contribution in [0.4, 0.5) is 0 Å². The van der Waals surface area contributed by atoms with E-state index in [0.29, 0.717) is 17.1 Å². The molecule has 0 spiro atoms. The zero-order chi connectivity index (χ0) is 9.80. The number of ether oxygens (including phenoxy) is 2. The lowest BCUT2D eigenvalue weighted by Gasteiger charge is -2.09. The Hall–Kier alpha value is -0.680. The molecule has 1 aliphatic heterocycles. The van der Waals surface area contributed by atoms with Crippen molar-refractivity contribution < 1.29 is 9.47 Å². The number of hydrogen-bond acceptors (Lipinski definition) is 4. The highest BCUT2D eigenvalue weighted by atomic mass is 79.9. The van der Waals surface area contributed by atoms with Crippen molar-refractivity contribution in [2.75, 3.05) is 13.2 Å². The SMILES string of the molecule is Brc1cnc(OCC2CCCO2)cn1. The molecule has 4 nitrogen and oxygen atoms in total. The van der Waals surface area contributed by atoms with Gasteiger partial charge in [0.05, 0.1) is 18.5 Å². The first kappa shape index (κ1) is 9.86. The lowest BCUT2D eigenvalue weighted by molar-refractivity contribution is 0.0662. The van der Waals surface area contributed by atoms with Gasteiger partial charge in [-0.1, -0.05) is 0 Å². The van der Waals surface area contributed by atoms with Crippen LogP contribution in [0.25, 0.3) is 0 Å². The van der Waals surface area contributed by atoms with E-state index in [2.05, 4.69) is 25.9 Å². The van der Waals surface area contributed by atoms with Crippen molar-refractivity contribution in [1.29, 1.82) is 0 Å². The minimum absolute atomic E-state index is 0.223. The maximum Gasteiger partial charge on any atom is 0.232 e. The molecule has 1 aromatic rings. The van der Waals surface area contributed by atoms with Gasteiger partial charge < -0.3 is 9.47 Å². The normalized spacial score (nSPS) is 21.1. The van der Waals surface area contributed by atoms with Crippen LogP contribution in [0, 0.1) is 0 Å². The van der Waals surface area contributed by atoms with Gasteiger partial charge in [0.15, 0.2) is 0 Å². The number of hydrogen-bond donors (Lipinski definition) is 0. The maximum atomic E-state index is 5.43. The zero-order valence-electron chi connectivity index (χ0n) is 7.65. The second kappa shape index (κ2) is 4.70. The third-order valence-electron chi connectivity index (χ3n) is 2.04. The summed E-state index contributed by atoms with van der Waals surface area (Å²) < 4.78 is 11.6. The van der Waals surface area contributed by atoms with Gasteiger partial charge in [0, 0.05) is 6.61 Å². The number of nitrogens with zero attached hydrogens (tertiary/aromatic N) is 2. The molecular weight excluding hydrogens is 248 g/mol. The van der Waals surface area contributed by atoms with E-state index in [1.807, 2.05) is 0 Å². The van der Waals surface area contributed by atoms with Crippen LogP contribution in [-0.4, -0.2) is 29.3 Å². The maximum absolute atomic E-state index is 5.43. The van der Waals surface area contributed by atoms with Gasteiger partial charge >= 0.3 is 0 Å². The van der Waals surface area contributed by atoms with Gasteiger partial charge in [-0.25, -0.2) is 9.97 Å². The highest BCUT2D eigenvalue weighted by Crippen LogP contribution is 2.14. The van der Waals surface area contributed by atoms with Crippen molar-refractivity contribution in [3.8, 4) is 5.88 Å². The van der Waals surface area contributed by atoms with Crippen LogP contribution >= 0.6 is 15.9 Å². The van der Waals surface area contributed by atoms with E-state index in [0.717, 1.165) is 19.4 Å². The summed E-state index contributed by atoms with van der Waals surface area (Å²) >= 11 is 3.21. The van der Waals surface area contributed by atoms with E-state index in [9.17, 15) is 0 Å². The molecule has 0 aromatic carbocycles. The standard InChI is InChI=1S/C9H11BrN2O2/c10-8-4-12-9(5-11-8)14-6-7-2-1-3-13-7/h4-5,7H,1-3,6H2. The summed E-state index contributed by atoms with van der Waals surface area (Å²) in [6, 6.07) is 0. The molecule has 2 rings (SSSR count). The molecule has 0 radical (unpaired) electrons. The fourth-order valence-corrected chi connectivity index (χ4v) is 1.53. The molecule has 1 unspecified atom stereocenters. The first-order chi connectivity index (χ1) is 6.84. The van der Waals surface area contributed by atoms with Gasteiger partial charge in [-0.05, 0) is 28.8 Å². The first-order valence-electron chi connectivity index (χ1n) is 4.56. The summed E-state index contributed by atoms with van der Waals surface area (Å²) in [4.78, 5) is 8.06. The minimum atomic E-state index is 0.223. The van der Waals surface area contributed by atoms with Crippen molar-refractivity contribution >= 4 is 15.9 Å². The Morgan fingerprint density at radius 2 is 2.43 bits per heavy atom. The van der Waals surface area contributed by atoms with Gasteiger partial charge in [0.2, 0.25) is 5.88 Å². The van der Waals surface area contributed by atoms with Crippen LogP contribution in [0.1, 0.15) is 12.8 Å². The average Bonchev–Trinajstić information content (AvgIpc) is 2.70. The molecule has 0 amide bonds. The van der Waals surface area contributed by atoms with Crippen LogP contribution < -0.4 is 4.74 Å². The van der Waals surface area contributed by atoms with Crippen LogP contribution in [0.2, 0.25) is 0 Å². The predicted molar refractivity (Wildman–Crippen MR) is 54.2 cm³/mol. The van der Waals surface area contributed by atoms with Gasteiger partial charge in [-0.2, -0.15) is 0 Å². The number of halogens is 1. The Balaban J connectivity index is 1.82. The van der Waals surface area contributed by atoms with Gasteiger partial charge in [0.1, 0.15) is 11.2 Å². The Morgan fingerprint density at radius 3 is 3.07 bits per heavy atom. The van der Waals surface area contributed by atoms with Crippen molar-refractivity contribution in [2.24, 2.45) is 0 Å². The molecule has 0 saturated carbocycles. The highest BCUT2D eigenvalue weighted by molar-refractivity contribution is 9.10. The molecule has 1 fully saturated rings. The molecule has 1 atom stereocenters. The van der Waals surface area contributed by atoms with E-state index in [1.165, 1.54) is 0 Å².